The number of halogens is 1. The van der Waals surface area contributed by atoms with E-state index in [1.807, 2.05) is 30.3 Å². The minimum absolute atomic E-state index is 0.0314. The van der Waals surface area contributed by atoms with Crippen LogP contribution in [0.15, 0.2) is 72.8 Å². The molecular weight excluding hydrogens is 431 g/mol. The molecule has 2 aliphatic rings. The number of carbonyl (C=O) groups is 2. The molecule has 1 spiro atoms. The minimum Gasteiger partial charge on any atom is -0.304 e. The molecule has 0 N–H and O–H groups in total. The van der Waals surface area contributed by atoms with Gasteiger partial charge in [0, 0.05) is 11.3 Å². The van der Waals surface area contributed by atoms with Crippen LogP contribution >= 0.6 is 0 Å². The van der Waals surface area contributed by atoms with Gasteiger partial charge in [0.15, 0.2) is 9.84 Å². The third-order valence-electron chi connectivity index (χ3n) is 6.02. The first kappa shape index (κ1) is 20.4. The third kappa shape index (κ3) is 2.65. The quantitative estimate of drug-likeness (QED) is 0.614. The Bertz CT molecular complexity index is 1370. The number of aryl methyl sites for hydroxylation is 1. The zero-order valence-corrected chi connectivity index (χ0v) is 18.0. The number of carbonyl (C=O) groups excluding carboxylic acids is 2. The van der Waals surface area contributed by atoms with Crippen LogP contribution < -0.4 is 9.80 Å². The van der Waals surface area contributed by atoms with Crippen molar-refractivity contribution < 1.29 is 22.4 Å². The van der Waals surface area contributed by atoms with Gasteiger partial charge in [-0.3, -0.25) is 14.5 Å². The largest absolute Gasteiger partial charge is 0.304 e. The third-order valence-corrected chi connectivity index (χ3v) is 8.12. The fraction of sp³-hybridized carbons (Fsp3) is 0.167. The van der Waals surface area contributed by atoms with Crippen LogP contribution in [0.4, 0.5) is 15.8 Å². The highest BCUT2D eigenvalue weighted by atomic mass is 32.2. The Morgan fingerprint density at radius 3 is 2.38 bits per heavy atom. The second-order valence-electron chi connectivity index (χ2n) is 7.96. The van der Waals surface area contributed by atoms with Gasteiger partial charge in [0.1, 0.15) is 11.6 Å². The van der Waals surface area contributed by atoms with Crippen molar-refractivity contribution in [1.82, 2.24) is 0 Å². The molecule has 2 amide bonds. The minimum atomic E-state index is -4.28. The maximum absolute atomic E-state index is 14.4. The Morgan fingerprint density at radius 2 is 1.66 bits per heavy atom. The highest BCUT2D eigenvalue weighted by Gasteiger charge is 2.69. The lowest BCUT2D eigenvalue weighted by molar-refractivity contribution is -0.123. The predicted molar refractivity (Wildman–Crippen MR) is 118 cm³/mol. The Morgan fingerprint density at radius 1 is 0.969 bits per heavy atom. The second-order valence-corrected chi connectivity index (χ2v) is 10.1. The van der Waals surface area contributed by atoms with Gasteiger partial charge >= 0.3 is 0 Å². The topological polar surface area (TPSA) is 74.8 Å². The molecule has 0 saturated carbocycles. The van der Waals surface area contributed by atoms with Crippen molar-refractivity contribution in [2.45, 2.75) is 18.3 Å². The number of hydrogen-bond donors (Lipinski definition) is 0. The van der Waals surface area contributed by atoms with Gasteiger partial charge < -0.3 is 4.90 Å². The Kier molecular flexibility index (Phi) is 4.46. The van der Waals surface area contributed by atoms with Crippen LogP contribution in [-0.4, -0.2) is 26.0 Å². The summed E-state index contributed by atoms with van der Waals surface area (Å²) in [6, 6.07) is 19.8. The number of anilines is 2. The molecule has 32 heavy (non-hydrogen) atoms. The molecule has 0 unspecified atom stereocenters. The monoisotopic (exact) mass is 450 g/mol. The summed E-state index contributed by atoms with van der Waals surface area (Å²) in [5, 5.41) is 0. The van der Waals surface area contributed by atoms with E-state index in [4.69, 9.17) is 0 Å². The van der Waals surface area contributed by atoms with Crippen LogP contribution in [0.3, 0.4) is 0 Å². The molecule has 3 aromatic rings. The SMILES string of the molecule is Cc1ccc(N2C(=O)CS(=O)(=O)[C@]23C(=O)N(Cc2ccccc2)c2ccccc23)cc1F. The van der Waals surface area contributed by atoms with Crippen LogP contribution in [0.2, 0.25) is 0 Å². The Balaban J connectivity index is 1.75. The lowest BCUT2D eigenvalue weighted by Gasteiger charge is -2.32. The molecule has 2 heterocycles. The molecule has 1 saturated heterocycles. The molecule has 0 radical (unpaired) electrons. The van der Waals surface area contributed by atoms with E-state index < -0.39 is 38.1 Å². The zero-order chi connectivity index (χ0) is 22.7. The first-order chi connectivity index (χ1) is 15.3. The number of nitrogens with zero attached hydrogens (tertiary/aromatic N) is 2. The standard InChI is InChI=1S/C24H19FN2O4S/c1-16-11-12-18(13-20(16)25)27-22(28)15-32(30,31)24(27)19-9-5-6-10-21(19)26(23(24)29)14-17-7-3-2-4-8-17/h2-13H,14-15H2,1H3/t24-/m1/s1. The van der Waals surface area contributed by atoms with Crippen molar-refractivity contribution in [3.05, 3.63) is 95.3 Å². The Labute approximate surface area is 184 Å². The fourth-order valence-corrected chi connectivity index (χ4v) is 6.57. The van der Waals surface area contributed by atoms with Gasteiger partial charge in [0.25, 0.3) is 10.8 Å². The van der Waals surface area contributed by atoms with Crippen molar-refractivity contribution in [2.24, 2.45) is 0 Å². The van der Waals surface area contributed by atoms with Crippen LogP contribution in [0.25, 0.3) is 0 Å². The number of hydrogen-bond acceptors (Lipinski definition) is 4. The maximum atomic E-state index is 14.4. The number of rotatable bonds is 3. The number of benzene rings is 3. The van der Waals surface area contributed by atoms with Gasteiger partial charge in [-0.25, -0.2) is 12.8 Å². The first-order valence-electron chi connectivity index (χ1n) is 10.0. The van der Waals surface area contributed by atoms with E-state index in [1.54, 1.807) is 31.2 Å². The highest BCUT2D eigenvalue weighted by Crippen LogP contribution is 2.52. The van der Waals surface area contributed by atoms with E-state index in [0.717, 1.165) is 16.5 Å². The van der Waals surface area contributed by atoms with Crippen molar-refractivity contribution in [1.29, 1.82) is 0 Å². The zero-order valence-electron chi connectivity index (χ0n) is 17.2. The average Bonchev–Trinajstić information content (AvgIpc) is 3.14. The van der Waals surface area contributed by atoms with E-state index in [-0.39, 0.29) is 17.8 Å². The average molecular weight is 450 g/mol. The van der Waals surface area contributed by atoms with Gasteiger partial charge in [-0.05, 0) is 36.2 Å². The van der Waals surface area contributed by atoms with Crippen LogP contribution in [0.1, 0.15) is 16.7 Å². The van der Waals surface area contributed by atoms with Gasteiger partial charge in [-0.15, -0.1) is 0 Å². The molecule has 3 aromatic carbocycles. The van der Waals surface area contributed by atoms with Gasteiger partial charge in [0.2, 0.25) is 5.91 Å². The van der Waals surface area contributed by atoms with E-state index in [9.17, 15) is 22.4 Å². The van der Waals surface area contributed by atoms with E-state index in [1.165, 1.54) is 17.0 Å². The predicted octanol–water partition coefficient (Wildman–Crippen LogP) is 3.30. The second kappa shape index (κ2) is 7.00. The van der Waals surface area contributed by atoms with Crippen molar-refractivity contribution in [2.75, 3.05) is 15.6 Å². The molecule has 0 bridgehead atoms. The summed E-state index contributed by atoms with van der Waals surface area (Å²) in [7, 11) is -4.28. The van der Waals surface area contributed by atoms with Crippen LogP contribution in [0.5, 0.6) is 0 Å². The van der Waals surface area contributed by atoms with Crippen molar-refractivity contribution >= 4 is 33.0 Å². The van der Waals surface area contributed by atoms with Gasteiger partial charge in [-0.1, -0.05) is 54.6 Å². The summed E-state index contributed by atoms with van der Waals surface area (Å²) in [6.07, 6.45) is 0. The highest BCUT2D eigenvalue weighted by molar-refractivity contribution is 7.94. The summed E-state index contributed by atoms with van der Waals surface area (Å²) in [5.74, 6) is -2.93. The van der Waals surface area contributed by atoms with Gasteiger partial charge in [0.05, 0.1) is 12.2 Å². The fourth-order valence-electron chi connectivity index (χ4n) is 4.54. The number of fused-ring (bicyclic) bond motifs is 2. The Hall–Kier alpha value is -3.52. The van der Waals surface area contributed by atoms with Crippen molar-refractivity contribution in [3.8, 4) is 0 Å². The molecular formula is C24H19FN2O4S. The molecule has 0 aliphatic carbocycles. The van der Waals surface area contributed by atoms with Crippen molar-refractivity contribution in [3.63, 3.8) is 0 Å². The lowest BCUT2D eigenvalue weighted by atomic mass is 10.0. The van der Waals surface area contributed by atoms with Crippen LogP contribution in [0, 0.1) is 12.7 Å². The summed E-state index contributed by atoms with van der Waals surface area (Å²) in [4.78, 5) is 27.0. The molecule has 8 heteroatoms. The summed E-state index contributed by atoms with van der Waals surface area (Å²) in [5.41, 5.74) is 1.80. The number of para-hydroxylation sites is 1. The van der Waals surface area contributed by atoms with Gasteiger partial charge in [-0.2, -0.15) is 0 Å². The number of sulfone groups is 1. The molecule has 1 atom stereocenters. The number of amides is 2. The summed E-state index contributed by atoms with van der Waals surface area (Å²) in [6.45, 7) is 1.70. The normalized spacial score (nSPS) is 21.4. The lowest BCUT2D eigenvalue weighted by Crippen LogP contribution is -2.54. The maximum Gasteiger partial charge on any atom is 0.274 e. The summed E-state index contributed by atoms with van der Waals surface area (Å²) >= 11 is 0. The van der Waals surface area contributed by atoms with E-state index >= 15 is 0 Å². The smallest absolute Gasteiger partial charge is 0.274 e. The molecule has 0 aromatic heterocycles. The van der Waals surface area contributed by atoms with E-state index in [2.05, 4.69) is 0 Å². The molecule has 1 fully saturated rings. The molecule has 5 rings (SSSR count). The van der Waals surface area contributed by atoms with Crippen LogP contribution in [-0.2, 0) is 30.8 Å². The first-order valence-corrected chi connectivity index (χ1v) is 11.7. The summed E-state index contributed by atoms with van der Waals surface area (Å²) < 4.78 is 41.4. The van der Waals surface area contributed by atoms with E-state index in [0.29, 0.717) is 11.3 Å². The molecule has 162 valence electrons. The molecule has 2 aliphatic heterocycles. The molecule has 6 nitrogen and oxygen atoms in total.